The Morgan fingerprint density at radius 2 is 1.15 bits per heavy atom. The Kier molecular flexibility index (Phi) is 5.51. The van der Waals surface area contributed by atoms with Crippen LogP contribution < -0.4 is 18.9 Å². The van der Waals surface area contributed by atoms with Crippen LogP contribution in [0.5, 0.6) is 34.5 Å². The third kappa shape index (κ3) is 3.55. The molecule has 1 aliphatic heterocycles. The lowest BCUT2D eigenvalue weighted by Gasteiger charge is -2.19. The Bertz CT molecular complexity index is 770. The van der Waals surface area contributed by atoms with E-state index in [-0.39, 0.29) is 29.5 Å². The van der Waals surface area contributed by atoms with Gasteiger partial charge in [0.15, 0.2) is 23.0 Å². The van der Waals surface area contributed by atoms with E-state index in [2.05, 4.69) is 0 Å². The number of hydrogen-bond donors (Lipinski definition) is 2. The molecular formula is C20H24O7. The van der Waals surface area contributed by atoms with E-state index in [4.69, 9.17) is 23.7 Å². The standard InChI is InChI=1S/C20H24O7/c1-23-17-9-12(10-18(24-2)20(17)26-4)16-6-5-15(27-16)11-7-13(21)19(25-3)14(22)8-11/h7-10,15-16,21-22H,5-6H2,1-4H3/t15-,16-/m0/s1. The van der Waals surface area contributed by atoms with Gasteiger partial charge in [0.05, 0.1) is 40.6 Å². The molecule has 0 amide bonds. The Morgan fingerprint density at radius 3 is 1.56 bits per heavy atom. The number of benzene rings is 2. The first-order valence-corrected chi connectivity index (χ1v) is 8.57. The molecule has 7 heteroatoms. The predicted octanol–water partition coefficient (Wildman–Crippen LogP) is 3.73. The van der Waals surface area contributed by atoms with Crippen molar-refractivity contribution in [1.82, 2.24) is 0 Å². The maximum Gasteiger partial charge on any atom is 0.203 e. The molecule has 2 aromatic rings. The van der Waals surface area contributed by atoms with Gasteiger partial charge in [-0.05, 0) is 48.2 Å². The first kappa shape index (κ1) is 19.0. The molecule has 2 N–H and O–H groups in total. The zero-order valence-corrected chi connectivity index (χ0v) is 15.8. The molecule has 0 bridgehead atoms. The summed E-state index contributed by atoms with van der Waals surface area (Å²) in [6.07, 6.45) is 1.09. The monoisotopic (exact) mass is 376 g/mol. The van der Waals surface area contributed by atoms with Crippen LogP contribution in [-0.2, 0) is 4.74 Å². The highest BCUT2D eigenvalue weighted by atomic mass is 16.5. The number of aromatic hydroxyl groups is 2. The predicted molar refractivity (Wildman–Crippen MR) is 98.2 cm³/mol. The van der Waals surface area contributed by atoms with Crippen LogP contribution in [0.3, 0.4) is 0 Å². The molecule has 7 nitrogen and oxygen atoms in total. The van der Waals surface area contributed by atoms with Gasteiger partial charge < -0.3 is 33.9 Å². The van der Waals surface area contributed by atoms with Gasteiger partial charge in [-0.1, -0.05) is 0 Å². The van der Waals surface area contributed by atoms with Crippen LogP contribution in [0.4, 0.5) is 0 Å². The van der Waals surface area contributed by atoms with Gasteiger partial charge in [0.25, 0.3) is 0 Å². The fraction of sp³-hybridized carbons (Fsp3) is 0.400. The Balaban J connectivity index is 1.86. The van der Waals surface area contributed by atoms with Crippen molar-refractivity contribution in [2.24, 2.45) is 0 Å². The highest BCUT2D eigenvalue weighted by molar-refractivity contribution is 5.55. The van der Waals surface area contributed by atoms with E-state index in [0.717, 1.165) is 18.4 Å². The molecule has 146 valence electrons. The molecule has 0 spiro atoms. The van der Waals surface area contributed by atoms with E-state index < -0.39 is 0 Å². The third-order valence-electron chi connectivity index (χ3n) is 4.73. The Labute approximate surface area is 158 Å². The molecule has 1 saturated heterocycles. The van der Waals surface area contributed by atoms with Crippen molar-refractivity contribution in [1.29, 1.82) is 0 Å². The molecule has 1 fully saturated rings. The second-order valence-electron chi connectivity index (χ2n) is 6.24. The van der Waals surface area contributed by atoms with E-state index in [1.165, 1.54) is 7.11 Å². The highest BCUT2D eigenvalue weighted by Gasteiger charge is 2.30. The van der Waals surface area contributed by atoms with Gasteiger partial charge in [0, 0.05) is 0 Å². The highest BCUT2D eigenvalue weighted by Crippen LogP contribution is 2.48. The molecule has 2 atom stereocenters. The van der Waals surface area contributed by atoms with Crippen molar-refractivity contribution in [3.8, 4) is 34.5 Å². The van der Waals surface area contributed by atoms with Crippen LogP contribution in [0.2, 0.25) is 0 Å². The second-order valence-corrected chi connectivity index (χ2v) is 6.24. The van der Waals surface area contributed by atoms with Crippen molar-refractivity contribution in [2.45, 2.75) is 25.0 Å². The summed E-state index contributed by atoms with van der Waals surface area (Å²) < 4.78 is 27.3. The average molecular weight is 376 g/mol. The molecule has 0 unspecified atom stereocenters. The molecule has 0 saturated carbocycles. The van der Waals surface area contributed by atoms with E-state index >= 15 is 0 Å². The number of methoxy groups -OCH3 is 4. The molecule has 2 aromatic carbocycles. The summed E-state index contributed by atoms with van der Waals surface area (Å²) in [6.45, 7) is 0. The fourth-order valence-corrected chi connectivity index (χ4v) is 3.43. The minimum absolute atomic E-state index is 0.0536. The van der Waals surface area contributed by atoms with Crippen molar-refractivity contribution in [3.63, 3.8) is 0 Å². The zero-order chi connectivity index (χ0) is 19.6. The zero-order valence-electron chi connectivity index (χ0n) is 15.8. The van der Waals surface area contributed by atoms with Gasteiger partial charge in [0.2, 0.25) is 11.5 Å². The second kappa shape index (κ2) is 7.84. The van der Waals surface area contributed by atoms with Crippen LogP contribution in [-0.4, -0.2) is 38.7 Å². The van der Waals surface area contributed by atoms with Crippen LogP contribution in [0.1, 0.15) is 36.2 Å². The summed E-state index contributed by atoms with van der Waals surface area (Å²) in [5.74, 6) is 1.48. The molecular weight excluding hydrogens is 352 g/mol. The molecule has 0 aromatic heterocycles. The largest absolute Gasteiger partial charge is 0.504 e. The number of rotatable bonds is 6. The quantitative estimate of drug-likeness (QED) is 0.794. The summed E-state index contributed by atoms with van der Waals surface area (Å²) >= 11 is 0. The van der Waals surface area contributed by atoms with Crippen molar-refractivity contribution in [2.75, 3.05) is 28.4 Å². The van der Waals surface area contributed by atoms with Gasteiger partial charge in [-0.3, -0.25) is 0 Å². The van der Waals surface area contributed by atoms with Crippen molar-refractivity contribution in [3.05, 3.63) is 35.4 Å². The summed E-state index contributed by atoms with van der Waals surface area (Å²) in [6, 6.07) is 6.86. The van der Waals surface area contributed by atoms with Gasteiger partial charge >= 0.3 is 0 Å². The van der Waals surface area contributed by atoms with Crippen molar-refractivity contribution < 1.29 is 33.9 Å². The average Bonchev–Trinajstić information content (AvgIpc) is 3.16. The Morgan fingerprint density at radius 1 is 0.704 bits per heavy atom. The van der Waals surface area contributed by atoms with E-state index in [9.17, 15) is 10.2 Å². The SMILES string of the molecule is COc1cc([C@@H]2CC[C@@H](c3cc(O)c(OC)c(O)c3)O2)cc(OC)c1OC. The summed E-state index contributed by atoms with van der Waals surface area (Å²) in [7, 11) is 6.09. The first-order valence-electron chi connectivity index (χ1n) is 8.57. The molecule has 1 aliphatic rings. The number of phenols is 2. The van der Waals surface area contributed by atoms with Crippen molar-refractivity contribution >= 4 is 0 Å². The van der Waals surface area contributed by atoms with Gasteiger partial charge in [0.1, 0.15) is 0 Å². The normalized spacial score (nSPS) is 19.0. The third-order valence-corrected chi connectivity index (χ3v) is 4.73. The van der Waals surface area contributed by atoms with E-state index in [1.807, 2.05) is 12.1 Å². The van der Waals surface area contributed by atoms with Crippen LogP contribution in [0, 0.1) is 0 Å². The fourth-order valence-electron chi connectivity index (χ4n) is 3.43. The minimum Gasteiger partial charge on any atom is -0.504 e. The maximum absolute atomic E-state index is 10.0. The summed E-state index contributed by atoms with van der Waals surface area (Å²) in [5.41, 5.74) is 1.61. The molecule has 27 heavy (non-hydrogen) atoms. The maximum atomic E-state index is 10.0. The molecule has 1 heterocycles. The minimum atomic E-state index is -0.253. The van der Waals surface area contributed by atoms with Gasteiger partial charge in [-0.25, -0.2) is 0 Å². The lowest BCUT2D eigenvalue weighted by Crippen LogP contribution is -2.02. The van der Waals surface area contributed by atoms with Crippen LogP contribution in [0.15, 0.2) is 24.3 Å². The number of ether oxygens (including phenoxy) is 5. The molecule has 0 radical (unpaired) electrons. The molecule has 0 aliphatic carbocycles. The van der Waals surface area contributed by atoms with Gasteiger partial charge in [-0.15, -0.1) is 0 Å². The summed E-state index contributed by atoms with van der Waals surface area (Å²) in [5, 5.41) is 20.0. The van der Waals surface area contributed by atoms with E-state index in [0.29, 0.717) is 22.8 Å². The topological polar surface area (TPSA) is 86.6 Å². The van der Waals surface area contributed by atoms with Gasteiger partial charge in [-0.2, -0.15) is 0 Å². The first-order chi connectivity index (χ1) is 13.0. The lowest BCUT2D eigenvalue weighted by molar-refractivity contribution is 0.0435. The lowest BCUT2D eigenvalue weighted by atomic mass is 10.0. The van der Waals surface area contributed by atoms with Crippen LogP contribution >= 0.6 is 0 Å². The summed E-state index contributed by atoms with van der Waals surface area (Å²) in [4.78, 5) is 0. The Hall–Kier alpha value is -2.80. The van der Waals surface area contributed by atoms with E-state index in [1.54, 1.807) is 33.5 Å². The number of phenolic OH excluding ortho intramolecular Hbond substituents is 2. The van der Waals surface area contributed by atoms with Crippen LogP contribution in [0.25, 0.3) is 0 Å². The molecule has 3 rings (SSSR count). The smallest absolute Gasteiger partial charge is 0.203 e. The number of hydrogen-bond acceptors (Lipinski definition) is 7.